The van der Waals surface area contributed by atoms with Gasteiger partial charge in [0, 0.05) is 6.54 Å². The van der Waals surface area contributed by atoms with Crippen LogP contribution in [0.25, 0.3) is 0 Å². The Kier molecular flexibility index (Phi) is 3.91. The third kappa shape index (κ3) is 3.20. The van der Waals surface area contributed by atoms with Crippen molar-refractivity contribution >= 4 is 23.0 Å². The molecule has 0 saturated heterocycles. The number of nitrogens with two attached hydrogens (primary N) is 1. The van der Waals surface area contributed by atoms with Crippen LogP contribution in [0.3, 0.4) is 0 Å². The SMILES string of the molecule is CCN(CC(F)(F)F)c1c(N)cccc1Cl. The van der Waals surface area contributed by atoms with Gasteiger partial charge in [0.2, 0.25) is 0 Å². The van der Waals surface area contributed by atoms with Crippen LogP contribution >= 0.6 is 11.6 Å². The lowest BCUT2D eigenvalue weighted by atomic mass is 10.2. The maximum Gasteiger partial charge on any atom is 0.405 e. The summed E-state index contributed by atoms with van der Waals surface area (Å²) in [4.78, 5) is 1.11. The van der Waals surface area contributed by atoms with Crippen LogP contribution in [-0.2, 0) is 0 Å². The minimum atomic E-state index is -4.28. The van der Waals surface area contributed by atoms with E-state index in [1.54, 1.807) is 13.0 Å². The van der Waals surface area contributed by atoms with Crippen molar-refractivity contribution in [3.63, 3.8) is 0 Å². The van der Waals surface area contributed by atoms with Gasteiger partial charge in [-0.1, -0.05) is 17.7 Å². The van der Waals surface area contributed by atoms with Gasteiger partial charge < -0.3 is 10.6 Å². The van der Waals surface area contributed by atoms with Gasteiger partial charge in [-0.05, 0) is 19.1 Å². The molecule has 90 valence electrons. The number of hydrogen-bond donors (Lipinski definition) is 1. The van der Waals surface area contributed by atoms with E-state index in [4.69, 9.17) is 17.3 Å². The number of nitrogens with zero attached hydrogens (tertiary/aromatic N) is 1. The highest BCUT2D eigenvalue weighted by Crippen LogP contribution is 2.33. The Labute approximate surface area is 96.8 Å². The number of rotatable bonds is 3. The molecule has 1 rings (SSSR count). The van der Waals surface area contributed by atoms with Crippen LogP contribution in [0.1, 0.15) is 6.92 Å². The molecule has 2 N–H and O–H groups in total. The molecule has 0 aliphatic rings. The first kappa shape index (κ1) is 13.0. The van der Waals surface area contributed by atoms with Gasteiger partial charge in [0.1, 0.15) is 6.54 Å². The van der Waals surface area contributed by atoms with Gasteiger partial charge in [-0.3, -0.25) is 0 Å². The van der Waals surface area contributed by atoms with Crippen molar-refractivity contribution in [1.82, 2.24) is 0 Å². The molecule has 0 atom stereocenters. The highest BCUT2D eigenvalue weighted by Gasteiger charge is 2.31. The fraction of sp³-hybridized carbons (Fsp3) is 0.400. The zero-order valence-electron chi connectivity index (χ0n) is 8.68. The number of nitrogen functional groups attached to an aromatic ring is 1. The maximum atomic E-state index is 12.3. The standard InChI is InChI=1S/C10H12ClF3N2/c1-2-16(6-10(12,13)14)9-7(11)4-3-5-8(9)15/h3-5H,2,6,15H2,1H3. The van der Waals surface area contributed by atoms with Crippen molar-refractivity contribution in [2.24, 2.45) is 0 Å². The molecule has 0 saturated carbocycles. The normalized spacial score (nSPS) is 11.6. The molecule has 0 fully saturated rings. The maximum absolute atomic E-state index is 12.3. The summed E-state index contributed by atoms with van der Waals surface area (Å²) in [5, 5.41) is 0.228. The Morgan fingerprint density at radius 3 is 2.44 bits per heavy atom. The van der Waals surface area contributed by atoms with Crippen molar-refractivity contribution in [3.8, 4) is 0 Å². The second kappa shape index (κ2) is 4.82. The molecule has 1 aromatic rings. The molecule has 16 heavy (non-hydrogen) atoms. The van der Waals surface area contributed by atoms with Crippen LogP contribution in [0.5, 0.6) is 0 Å². The summed E-state index contributed by atoms with van der Waals surface area (Å²) in [5.74, 6) is 0. The molecule has 0 heterocycles. The summed E-state index contributed by atoms with van der Waals surface area (Å²) in [6.45, 7) is 0.749. The number of hydrogen-bond acceptors (Lipinski definition) is 2. The largest absolute Gasteiger partial charge is 0.405 e. The predicted octanol–water partition coefficient (Wildman–Crippen LogP) is 3.31. The molecular formula is C10H12ClF3N2. The molecule has 0 aliphatic carbocycles. The molecule has 0 aliphatic heterocycles. The highest BCUT2D eigenvalue weighted by molar-refractivity contribution is 6.34. The van der Waals surface area contributed by atoms with E-state index in [0.717, 1.165) is 4.90 Å². The van der Waals surface area contributed by atoms with E-state index >= 15 is 0 Å². The van der Waals surface area contributed by atoms with Crippen LogP contribution in [0.15, 0.2) is 18.2 Å². The Bertz CT molecular complexity index is 345. The molecule has 0 amide bonds. The van der Waals surface area contributed by atoms with E-state index in [1.807, 2.05) is 0 Å². The minimum Gasteiger partial charge on any atom is -0.397 e. The lowest BCUT2D eigenvalue weighted by Gasteiger charge is -2.26. The Morgan fingerprint density at radius 2 is 2.00 bits per heavy atom. The van der Waals surface area contributed by atoms with Gasteiger partial charge >= 0.3 is 6.18 Å². The van der Waals surface area contributed by atoms with E-state index in [0.29, 0.717) is 0 Å². The average Bonchev–Trinajstić information content (AvgIpc) is 2.14. The molecule has 6 heteroatoms. The fourth-order valence-electron chi connectivity index (χ4n) is 1.43. The van der Waals surface area contributed by atoms with Gasteiger partial charge in [-0.25, -0.2) is 0 Å². The first-order valence-corrected chi connectivity index (χ1v) is 5.08. The fourth-order valence-corrected chi connectivity index (χ4v) is 1.73. The van der Waals surface area contributed by atoms with Crippen molar-refractivity contribution in [2.75, 3.05) is 23.7 Å². The molecule has 0 radical (unpaired) electrons. The zero-order valence-corrected chi connectivity index (χ0v) is 9.44. The minimum absolute atomic E-state index is 0.188. The van der Waals surface area contributed by atoms with Crippen LogP contribution in [0.2, 0.25) is 5.02 Å². The quantitative estimate of drug-likeness (QED) is 0.837. The molecule has 1 aromatic carbocycles. The van der Waals surface area contributed by atoms with E-state index < -0.39 is 12.7 Å². The number of para-hydroxylation sites is 1. The smallest absolute Gasteiger partial charge is 0.397 e. The van der Waals surface area contributed by atoms with Gasteiger partial charge in [0.05, 0.1) is 16.4 Å². The van der Waals surface area contributed by atoms with Crippen LogP contribution in [-0.4, -0.2) is 19.3 Å². The predicted molar refractivity (Wildman–Crippen MR) is 59.8 cm³/mol. The van der Waals surface area contributed by atoms with Gasteiger partial charge in [0.25, 0.3) is 0 Å². The van der Waals surface area contributed by atoms with Crippen molar-refractivity contribution in [2.45, 2.75) is 13.1 Å². The number of benzene rings is 1. The summed E-state index contributed by atoms with van der Waals surface area (Å²) in [6.07, 6.45) is -4.28. The second-order valence-electron chi connectivity index (χ2n) is 3.31. The molecule has 0 unspecified atom stereocenters. The summed E-state index contributed by atoms with van der Waals surface area (Å²) in [5.41, 5.74) is 6.11. The van der Waals surface area contributed by atoms with E-state index in [-0.39, 0.29) is 22.9 Å². The molecule has 0 spiro atoms. The highest BCUT2D eigenvalue weighted by atomic mass is 35.5. The lowest BCUT2D eigenvalue weighted by molar-refractivity contribution is -0.119. The van der Waals surface area contributed by atoms with E-state index in [9.17, 15) is 13.2 Å². The summed E-state index contributed by atoms with van der Waals surface area (Å²) >= 11 is 5.84. The Hall–Kier alpha value is -1.10. The second-order valence-corrected chi connectivity index (χ2v) is 3.71. The molecule has 0 aromatic heterocycles. The first-order valence-electron chi connectivity index (χ1n) is 4.71. The summed E-state index contributed by atoms with van der Waals surface area (Å²) in [7, 11) is 0. The zero-order chi connectivity index (χ0) is 12.3. The van der Waals surface area contributed by atoms with Crippen molar-refractivity contribution < 1.29 is 13.2 Å². The van der Waals surface area contributed by atoms with Gasteiger partial charge in [0.15, 0.2) is 0 Å². The Balaban J connectivity index is 3.04. The molecular weight excluding hydrogens is 241 g/mol. The van der Waals surface area contributed by atoms with Crippen LogP contribution < -0.4 is 10.6 Å². The van der Waals surface area contributed by atoms with Gasteiger partial charge in [-0.2, -0.15) is 13.2 Å². The molecule has 0 bridgehead atoms. The third-order valence-corrected chi connectivity index (χ3v) is 2.39. The van der Waals surface area contributed by atoms with E-state index in [2.05, 4.69) is 0 Å². The van der Waals surface area contributed by atoms with Gasteiger partial charge in [-0.15, -0.1) is 0 Å². The number of halogens is 4. The van der Waals surface area contributed by atoms with Crippen molar-refractivity contribution in [1.29, 1.82) is 0 Å². The Morgan fingerprint density at radius 1 is 1.38 bits per heavy atom. The number of alkyl halides is 3. The van der Waals surface area contributed by atoms with Crippen LogP contribution in [0, 0.1) is 0 Å². The average molecular weight is 253 g/mol. The molecule has 2 nitrogen and oxygen atoms in total. The van der Waals surface area contributed by atoms with Crippen molar-refractivity contribution in [3.05, 3.63) is 23.2 Å². The lowest BCUT2D eigenvalue weighted by Crippen LogP contribution is -2.34. The number of anilines is 2. The monoisotopic (exact) mass is 252 g/mol. The third-order valence-electron chi connectivity index (χ3n) is 2.09. The summed E-state index contributed by atoms with van der Waals surface area (Å²) in [6, 6.07) is 4.65. The topological polar surface area (TPSA) is 29.3 Å². The summed E-state index contributed by atoms with van der Waals surface area (Å²) < 4.78 is 36.9. The van der Waals surface area contributed by atoms with E-state index in [1.165, 1.54) is 12.1 Å². The van der Waals surface area contributed by atoms with Crippen LogP contribution in [0.4, 0.5) is 24.5 Å². The first-order chi connectivity index (χ1) is 7.35.